The van der Waals surface area contributed by atoms with Crippen molar-refractivity contribution in [2.24, 2.45) is 5.92 Å². The minimum atomic E-state index is -0.129. The summed E-state index contributed by atoms with van der Waals surface area (Å²) in [7, 11) is 0. The Morgan fingerprint density at radius 1 is 1.21 bits per heavy atom. The van der Waals surface area contributed by atoms with Crippen molar-refractivity contribution in [2.75, 3.05) is 0 Å². The van der Waals surface area contributed by atoms with Crippen molar-refractivity contribution in [1.29, 1.82) is 0 Å². The first-order valence-electron chi connectivity index (χ1n) is 7.60. The first-order valence-corrected chi connectivity index (χ1v) is 8.39. The van der Waals surface area contributed by atoms with Crippen LogP contribution in [0.25, 0.3) is 6.08 Å². The van der Waals surface area contributed by atoms with Gasteiger partial charge in [-0.1, -0.05) is 41.9 Å². The molecule has 0 radical (unpaired) electrons. The van der Waals surface area contributed by atoms with Crippen molar-refractivity contribution in [3.05, 3.63) is 76.5 Å². The lowest BCUT2D eigenvalue weighted by Crippen LogP contribution is -1.93. The predicted octanol–water partition coefficient (Wildman–Crippen LogP) is 5.60. The van der Waals surface area contributed by atoms with Gasteiger partial charge in [-0.15, -0.1) is 0 Å². The maximum atomic E-state index is 12.1. The molecule has 2 rings (SSSR count). The summed E-state index contributed by atoms with van der Waals surface area (Å²) in [6.07, 6.45) is 6.55. The van der Waals surface area contributed by atoms with Gasteiger partial charge in [0.1, 0.15) is 11.5 Å². The fraction of sp³-hybridized carbons (Fsp3) is 0.150. The van der Waals surface area contributed by atoms with Crippen LogP contribution in [0.2, 0.25) is 0 Å². The van der Waals surface area contributed by atoms with E-state index in [9.17, 15) is 9.90 Å². The zero-order valence-electron chi connectivity index (χ0n) is 13.6. The van der Waals surface area contributed by atoms with Gasteiger partial charge in [0.05, 0.1) is 6.26 Å². The van der Waals surface area contributed by atoms with Crippen LogP contribution in [-0.2, 0) is 0 Å². The van der Waals surface area contributed by atoms with Gasteiger partial charge < -0.3 is 9.84 Å². The van der Waals surface area contributed by atoms with Gasteiger partial charge in [-0.3, -0.25) is 4.79 Å². The Hall–Kier alpha value is -2.33. The van der Waals surface area contributed by atoms with Crippen molar-refractivity contribution >= 4 is 27.8 Å². The van der Waals surface area contributed by atoms with Crippen molar-refractivity contribution in [3.8, 4) is 11.5 Å². The molecule has 0 heterocycles. The third kappa shape index (κ3) is 5.39. The number of phenols is 1. The third-order valence-corrected chi connectivity index (χ3v) is 3.69. The molecule has 0 bridgehead atoms. The molecule has 0 aliphatic carbocycles. The molecule has 0 saturated heterocycles. The Morgan fingerprint density at radius 3 is 2.67 bits per heavy atom. The van der Waals surface area contributed by atoms with E-state index >= 15 is 0 Å². The molecule has 0 amide bonds. The van der Waals surface area contributed by atoms with Crippen molar-refractivity contribution in [1.82, 2.24) is 0 Å². The SMILES string of the molecule is CC(C)C=COc1ccc(C=CC(=O)c2cccc(Br)c2)c(O)c1. The van der Waals surface area contributed by atoms with E-state index in [2.05, 4.69) is 15.9 Å². The Bertz CT molecular complexity index is 776. The summed E-state index contributed by atoms with van der Waals surface area (Å²) in [4.78, 5) is 12.1. The number of allylic oxidation sites excluding steroid dienone is 2. The molecule has 0 aromatic heterocycles. The first kappa shape index (κ1) is 18.0. The van der Waals surface area contributed by atoms with E-state index in [1.165, 1.54) is 12.1 Å². The number of ketones is 1. The van der Waals surface area contributed by atoms with Crippen LogP contribution in [0.5, 0.6) is 11.5 Å². The Labute approximate surface area is 150 Å². The van der Waals surface area contributed by atoms with E-state index in [4.69, 9.17) is 4.74 Å². The molecule has 2 aromatic rings. The second kappa shape index (κ2) is 8.50. The smallest absolute Gasteiger partial charge is 0.185 e. The van der Waals surface area contributed by atoms with Gasteiger partial charge in [-0.2, -0.15) is 0 Å². The molecule has 0 aliphatic heterocycles. The number of aromatic hydroxyl groups is 1. The lowest BCUT2D eigenvalue weighted by atomic mass is 10.1. The lowest BCUT2D eigenvalue weighted by Gasteiger charge is -2.04. The van der Waals surface area contributed by atoms with E-state index in [1.54, 1.807) is 42.7 Å². The van der Waals surface area contributed by atoms with Crippen LogP contribution < -0.4 is 4.74 Å². The van der Waals surface area contributed by atoms with E-state index in [0.29, 0.717) is 22.8 Å². The van der Waals surface area contributed by atoms with Gasteiger partial charge >= 0.3 is 0 Å². The average molecular weight is 387 g/mol. The number of benzene rings is 2. The second-order valence-electron chi connectivity index (χ2n) is 5.62. The highest BCUT2D eigenvalue weighted by Gasteiger charge is 2.04. The summed E-state index contributed by atoms with van der Waals surface area (Å²) in [6.45, 7) is 4.10. The highest BCUT2D eigenvalue weighted by molar-refractivity contribution is 9.10. The van der Waals surface area contributed by atoms with E-state index < -0.39 is 0 Å². The van der Waals surface area contributed by atoms with Crippen LogP contribution in [0.1, 0.15) is 29.8 Å². The van der Waals surface area contributed by atoms with Crippen molar-refractivity contribution < 1.29 is 14.6 Å². The topological polar surface area (TPSA) is 46.5 Å². The number of phenolic OH excluding ortho intramolecular Hbond substituents is 1. The monoisotopic (exact) mass is 386 g/mol. The van der Waals surface area contributed by atoms with Gasteiger partial charge in [-0.25, -0.2) is 0 Å². The summed E-state index contributed by atoms with van der Waals surface area (Å²) in [5, 5.41) is 10.1. The van der Waals surface area contributed by atoms with Gasteiger partial charge in [0.15, 0.2) is 5.78 Å². The molecule has 0 spiro atoms. The van der Waals surface area contributed by atoms with Gasteiger partial charge in [0.2, 0.25) is 0 Å². The summed E-state index contributed by atoms with van der Waals surface area (Å²) >= 11 is 3.34. The fourth-order valence-corrected chi connectivity index (χ4v) is 2.32. The maximum absolute atomic E-state index is 12.1. The standard InChI is InChI=1S/C20H19BrO3/c1-14(2)10-11-24-18-8-6-15(20(23)13-18)7-9-19(22)16-4-3-5-17(21)12-16/h3-14,23H,1-2H3. The zero-order chi connectivity index (χ0) is 17.5. The van der Waals surface area contributed by atoms with E-state index in [1.807, 2.05) is 26.0 Å². The predicted molar refractivity (Wildman–Crippen MR) is 100 cm³/mol. The summed E-state index contributed by atoms with van der Waals surface area (Å²) in [5.74, 6) is 0.865. The zero-order valence-corrected chi connectivity index (χ0v) is 15.2. The molecule has 0 fully saturated rings. The molecule has 3 nitrogen and oxygen atoms in total. The lowest BCUT2D eigenvalue weighted by molar-refractivity contribution is 0.104. The Balaban J connectivity index is 2.08. The number of carbonyl (C=O) groups is 1. The summed E-state index contributed by atoms with van der Waals surface area (Å²) in [5.41, 5.74) is 1.14. The Kier molecular flexibility index (Phi) is 6.38. The molecule has 0 aliphatic rings. The van der Waals surface area contributed by atoms with Crippen LogP contribution in [0.4, 0.5) is 0 Å². The average Bonchev–Trinajstić information content (AvgIpc) is 2.53. The van der Waals surface area contributed by atoms with Crippen LogP contribution >= 0.6 is 15.9 Å². The quantitative estimate of drug-likeness (QED) is 0.399. The van der Waals surface area contributed by atoms with Gasteiger partial charge in [0.25, 0.3) is 0 Å². The van der Waals surface area contributed by atoms with Crippen LogP contribution in [0.3, 0.4) is 0 Å². The number of hydrogen-bond acceptors (Lipinski definition) is 3. The molecule has 0 atom stereocenters. The Morgan fingerprint density at radius 2 is 2.00 bits per heavy atom. The number of halogens is 1. The summed E-state index contributed by atoms with van der Waals surface area (Å²) in [6, 6.07) is 12.1. The van der Waals surface area contributed by atoms with E-state index in [-0.39, 0.29) is 11.5 Å². The van der Waals surface area contributed by atoms with Crippen LogP contribution in [-0.4, -0.2) is 10.9 Å². The van der Waals surface area contributed by atoms with Gasteiger partial charge in [0, 0.05) is 21.7 Å². The fourth-order valence-electron chi connectivity index (χ4n) is 1.92. The highest BCUT2D eigenvalue weighted by atomic mass is 79.9. The maximum Gasteiger partial charge on any atom is 0.185 e. The molecular weight excluding hydrogens is 368 g/mol. The second-order valence-corrected chi connectivity index (χ2v) is 6.53. The summed E-state index contributed by atoms with van der Waals surface area (Å²) < 4.78 is 6.27. The van der Waals surface area contributed by atoms with Gasteiger partial charge in [-0.05, 0) is 48.4 Å². The number of carbonyl (C=O) groups excluding carboxylic acids is 1. The molecule has 124 valence electrons. The van der Waals surface area contributed by atoms with Crippen LogP contribution in [0, 0.1) is 5.92 Å². The minimum absolute atomic E-state index is 0.0590. The van der Waals surface area contributed by atoms with E-state index in [0.717, 1.165) is 4.47 Å². The normalized spacial score (nSPS) is 11.5. The first-order chi connectivity index (χ1) is 11.5. The molecule has 0 saturated carbocycles. The number of rotatable bonds is 6. The molecule has 4 heteroatoms. The largest absolute Gasteiger partial charge is 0.507 e. The minimum Gasteiger partial charge on any atom is -0.507 e. The molecular formula is C20H19BrO3. The van der Waals surface area contributed by atoms with Crippen molar-refractivity contribution in [2.45, 2.75) is 13.8 Å². The van der Waals surface area contributed by atoms with Crippen molar-refractivity contribution in [3.63, 3.8) is 0 Å². The molecule has 0 unspecified atom stereocenters. The third-order valence-electron chi connectivity index (χ3n) is 3.19. The van der Waals surface area contributed by atoms with Crippen LogP contribution in [0.15, 0.2) is 65.4 Å². The molecule has 24 heavy (non-hydrogen) atoms. The molecule has 1 N–H and O–H groups in total. The number of hydrogen-bond donors (Lipinski definition) is 1. The number of ether oxygens (including phenoxy) is 1. The highest BCUT2D eigenvalue weighted by Crippen LogP contribution is 2.25. The molecule has 2 aromatic carbocycles.